The van der Waals surface area contributed by atoms with E-state index in [2.05, 4.69) is 5.10 Å². The standard InChI is InChI=1S/C16H23N3O3/c1-12(15(21)11-18-7-3-4-16(18)22)10-14-6-9-19(17-14)8-5-13(2)20/h6,9,12H,3-5,7-8,10-11H2,1-2H3. The topological polar surface area (TPSA) is 72.3 Å². The number of Topliss-reactive ketones (excluding diaryl/α,β-unsaturated/α-hetero) is 2. The quantitative estimate of drug-likeness (QED) is 0.724. The molecule has 1 aromatic rings. The Balaban J connectivity index is 1.83. The molecular formula is C16H23N3O3. The lowest BCUT2D eigenvalue weighted by atomic mass is 10.0. The van der Waals surface area contributed by atoms with Crippen LogP contribution in [0.2, 0.25) is 0 Å². The Labute approximate surface area is 130 Å². The highest BCUT2D eigenvalue weighted by Gasteiger charge is 2.25. The summed E-state index contributed by atoms with van der Waals surface area (Å²) in [5, 5.41) is 4.38. The number of likely N-dealkylation sites (tertiary alicyclic amines) is 1. The van der Waals surface area contributed by atoms with E-state index in [1.54, 1.807) is 16.5 Å². The van der Waals surface area contributed by atoms with Crippen LogP contribution in [0.5, 0.6) is 0 Å². The van der Waals surface area contributed by atoms with Crippen molar-refractivity contribution in [1.29, 1.82) is 0 Å². The van der Waals surface area contributed by atoms with Crippen LogP contribution in [-0.2, 0) is 27.3 Å². The van der Waals surface area contributed by atoms with Crippen LogP contribution in [0.4, 0.5) is 0 Å². The van der Waals surface area contributed by atoms with Gasteiger partial charge in [-0.2, -0.15) is 5.10 Å². The molecule has 0 aliphatic carbocycles. The highest BCUT2D eigenvalue weighted by atomic mass is 16.2. The van der Waals surface area contributed by atoms with Gasteiger partial charge in [0.05, 0.1) is 12.2 Å². The molecule has 2 rings (SSSR count). The van der Waals surface area contributed by atoms with Gasteiger partial charge >= 0.3 is 0 Å². The molecule has 0 radical (unpaired) electrons. The van der Waals surface area contributed by atoms with Gasteiger partial charge in [-0.05, 0) is 19.4 Å². The van der Waals surface area contributed by atoms with Crippen molar-refractivity contribution < 1.29 is 14.4 Å². The van der Waals surface area contributed by atoms with Gasteiger partial charge in [-0.3, -0.25) is 19.1 Å². The van der Waals surface area contributed by atoms with Gasteiger partial charge in [0, 0.05) is 44.5 Å². The Kier molecular flexibility index (Phi) is 5.46. The van der Waals surface area contributed by atoms with Crippen LogP contribution in [0, 0.1) is 5.92 Å². The molecule has 0 spiro atoms. The third-order valence-electron chi connectivity index (χ3n) is 3.97. The van der Waals surface area contributed by atoms with Crippen LogP contribution in [0.3, 0.4) is 0 Å². The number of hydrogen-bond acceptors (Lipinski definition) is 4. The molecule has 1 aliphatic heterocycles. The minimum Gasteiger partial charge on any atom is -0.335 e. The van der Waals surface area contributed by atoms with Crippen molar-refractivity contribution in [3.8, 4) is 0 Å². The van der Waals surface area contributed by atoms with Crippen molar-refractivity contribution in [2.75, 3.05) is 13.1 Å². The third kappa shape index (κ3) is 4.51. The van der Waals surface area contributed by atoms with Crippen LogP contribution in [0.25, 0.3) is 0 Å². The summed E-state index contributed by atoms with van der Waals surface area (Å²) in [5.74, 6) is 0.128. The number of carbonyl (C=O) groups excluding carboxylic acids is 3. The van der Waals surface area contributed by atoms with E-state index in [0.717, 1.165) is 12.1 Å². The number of carbonyl (C=O) groups is 3. The normalized spacial score (nSPS) is 16.1. The largest absolute Gasteiger partial charge is 0.335 e. The second kappa shape index (κ2) is 7.33. The maximum absolute atomic E-state index is 12.2. The van der Waals surface area contributed by atoms with E-state index in [1.165, 1.54) is 0 Å². The Hall–Kier alpha value is -1.98. The lowest BCUT2D eigenvalue weighted by molar-refractivity contribution is -0.133. The minimum absolute atomic E-state index is 0.0773. The minimum atomic E-state index is -0.162. The lowest BCUT2D eigenvalue weighted by Gasteiger charge is -2.17. The molecule has 1 aliphatic rings. The maximum atomic E-state index is 12.2. The summed E-state index contributed by atoms with van der Waals surface area (Å²) in [6, 6.07) is 1.88. The predicted molar refractivity (Wildman–Crippen MR) is 81.2 cm³/mol. The highest BCUT2D eigenvalue weighted by Crippen LogP contribution is 2.13. The zero-order valence-electron chi connectivity index (χ0n) is 13.2. The summed E-state index contributed by atoms with van der Waals surface area (Å²) in [6.45, 7) is 4.91. The van der Waals surface area contributed by atoms with E-state index in [9.17, 15) is 14.4 Å². The molecular weight excluding hydrogens is 282 g/mol. The zero-order valence-corrected chi connectivity index (χ0v) is 13.2. The monoisotopic (exact) mass is 305 g/mol. The van der Waals surface area contributed by atoms with E-state index >= 15 is 0 Å². The number of hydrogen-bond donors (Lipinski definition) is 0. The van der Waals surface area contributed by atoms with Crippen molar-refractivity contribution in [2.45, 2.75) is 46.1 Å². The van der Waals surface area contributed by atoms with Crippen LogP contribution in [0.1, 0.15) is 38.8 Å². The average molecular weight is 305 g/mol. The molecule has 0 aromatic carbocycles. The van der Waals surface area contributed by atoms with Crippen molar-refractivity contribution >= 4 is 17.5 Å². The lowest BCUT2D eigenvalue weighted by Crippen LogP contribution is -2.33. The van der Waals surface area contributed by atoms with Gasteiger partial charge in [0.25, 0.3) is 0 Å². The molecule has 6 nitrogen and oxygen atoms in total. The number of aromatic nitrogens is 2. The molecule has 1 saturated heterocycles. The molecule has 120 valence electrons. The van der Waals surface area contributed by atoms with E-state index < -0.39 is 0 Å². The van der Waals surface area contributed by atoms with E-state index in [0.29, 0.717) is 32.4 Å². The van der Waals surface area contributed by atoms with Gasteiger partial charge in [-0.25, -0.2) is 0 Å². The highest BCUT2D eigenvalue weighted by molar-refractivity contribution is 5.88. The molecule has 6 heteroatoms. The smallest absolute Gasteiger partial charge is 0.223 e. The number of nitrogens with zero attached hydrogens (tertiary/aromatic N) is 3. The molecule has 0 N–H and O–H groups in total. The number of ketones is 2. The Morgan fingerprint density at radius 1 is 1.41 bits per heavy atom. The van der Waals surface area contributed by atoms with Gasteiger partial charge in [-0.1, -0.05) is 6.92 Å². The van der Waals surface area contributed by atoms with Crippen LogP contribution < -0.4 is 0 Å². The van der Waals surface area contributed by atoms with E-state index in [1.807, 2.05) is 19.2 Å². The molecule has 1 aromatic heterocycles. The summed E-state index contributed by atoms with van der Waals surface area (Å²) in [6.07, 6.45) is 4.27. The van der Waals surface area contributed by atoms with Crippen molar-refractivity contribution in [2.24, 2.45) is 5.92 Å². The van der Waals surface area contributed by atoms with Crippen LogP contribution in [0.15, 0.2) is 12.3 Å². The molecule has 1 atom stereocenters. The van der Waals surface area contributed by atoms with E-state index in [-0.39, 0.29) is 29.9 Å². The molecule has 0 bridgehead atoms. The predicted octanol–water partition coefficient (Wildman–Crippen LogP) is 1.23. The molecule has 0 saturated carbocycles. The van der Waals surface area contributed by atoms with Crippen molar-refractivity contribution in [3.05, 3.63) is 18.0 Å². The molecule has 2 heterocycles. The number of rotatable bonds is 8. The SMILES string of the molecule is CC(=O)CCn1ccc(CC(C)C(=O)CN2CCCC2=O)n1. The maximum Gasteiger partial charge on any atom is 0.223 e. The fraction of sp³-hybridized carbons (Fsp3) is 0.625. The summed E-state index contributed by atoms with van der Waals surface area (Å²) in [7, 11) is 0. The summed E-state index contributed by atoms with van der Waals surface area (Å²) < 4.78 is 1.73. The Morgan fingerprint density at radius 3 is 2.82 bits per heavy atom. The van der Waals surface area contributed by atoms with Crippen LogP contribution in [-0.4, -0.2) is 45.2 Å². The first kappa shape index (κ1) is 16.4. The van der Waals surface area contributed by atoms with Gasteiger partial charge in [0.1, 0.15) is 5.78 Å². The molecule has 1 amide bonds. The summed E-state index contributed by atoms with van der Waals surface area (Å²) >= 11 is 0. The first-order valence-corrected chi connectivity index (χ1v) is 7.78. The Morgan fingerprint density at radius 2 is 2.18 bits per heavy atom. The summed E-state index contributed by atoms with van der Waals surface area (Å²) in [5.41, 5.74) is 0.845. The molecule has 1 unspecified atom stereocenters. The first-order valence-electron chi connectivity index (χ1n) is 7.78. The van der Waals surface area contributed by atoms with Gasteiger partial charge < -0.3 is 4.90 Å². The summed E-state index contributed by atoms with van der Waals surface area (Å²) in [4.78, 5) is 36.4. The van der Waals surface area contributed by atoms with Crippen molar-refractivity contribution in [1.82, 2.24) is 14.7 Å². The first-order chi connectivity index (χ1) is 10.5. The second-order valence-electron chi connectivity index (χ2n) is 6.01. The molecule has 1 fully saturated rings. The zero-order chi connectivity index (χ0) is 16.1. The average Bonchev–Trinajstić information content (AvgIpc) is 3.06. The van der Waals surface area contributed by atoms with Gasteiger partial charge in [0.2, 0.25) is 5.91 Å². The van der Waals surface area contributed by atoms with Crippen molar-refractivity contribution in [3.63, 3.8) is 0 Å². The number of amides is 1. The Bertz CT molecular complexity index is 565. The van der Waals surface area contributed by atoms with Gasteiger partial charge in [-0.15, -0.1) is 0 Å². The second-order valence-corrected chi connectivity index (χ2v) is 6.01. The van der Waals surface area contributed by atoms with Gasteiger partial charge in [0.15, 0.2) is 5.78 Å². The fourth-order valence-electron chi connectivity index (χ4n) is 2.55. The third-order valence-corrected chi connectivity index (χ3v) is 3.97. The number of aryl methyl sites for hydroxylation is 1. The molecule has 22 heavy (non-hydrogen) atoms. The fourth-order valence-corrected chi connectivity index (χ4v) is 2.55. The van der Waals surface area contributed by atoms with Crippen LogP contribution >= 0.6 is 0 Å². The van der Waals surface area contributed by atoms with E-state index in [4.69, 9.17) is 0 Å².